The minimum Gasteiger partial charge on any atom is -0.481 e. The van der Waals surface area contributed by atoms with Crippen LogP contribution in [0.4, 0.5) is 0 Å². The van der Waals surface area contributed by atoms with Crippen molar-refractivity contribution in [3.05, 3.63) is 0 Å². The predicted molar refractivity (Wildman–Crippen MR) is 76.4 cm³/mol. The summed E-state index contributed by atoms with van der Waals surface area (Å²) in [7, 11) is 0. The Kier molecular flexibility index (Phi) is 8.14. The van der Waals surface area contributed by atoms with E-state index in [1.165, 1.54) is 0 Å². The molecule has 2 atom stereocenters. The number of Topliss-reactive ketones (excluding diaryl/α,β-unsaturated/α-hetero) is 1. The summed E-state index contributed by atoms with van der Waals surface area (Å²) in [5.74, 6) is 0.524. The Hall–Kier alpha value is -0.550. The number of aliphatic hydroxyl groups is 1. The lowest BCUT2D eigenvalue weighted by Gasteiger charge is -2.17. The van der Waals surface area contributed by atoms with Crippen molar-refractivity contribution in [3.8, 4) is 0 Å². The van der Waals surface area contributed by atoms with Crippen LogP contribution >= 0.6 is 11.8 Å². The van der Waals surface area contributed by atoms with Crippen LogP contribution in [0.5, 0.6) is 0 Å². The molecule has 5 heteroatoms. The first-order chi connectivity index (χ1) is 9.15. The highest BCUT2D eigenvalue weighted by Gasteiger charge is 2.33. The van der Waals surface area contributed by atoms with Crippen LogP contribution in [0.2, 0.25) is 0 Å². The number of carbonyl (C=O) groups is 2. The number of thioether (sulfide) groups is 1. The molecular formula is C14H24O4S. The second-order valence-electron chi connectivity index (χ2n) is 5.09. The van der Waals surface area contributed by atoms with Crippen molar-refractivity contribution in [1.29, 1.82) is 0 Å². The van der Waals surface area contributed by atoms with E-state index in [0.29, 0.717) is 23.2 Å². The fourth-order valence-electron chi connectivity index (χ4n) is 2.62. The predicted octanol–water partition coefficient (Wildman–Crippen LogP) is 2.48. The van der Waals surface area contributed by atoms with Crippen LogP contribution in [0.1, 0.15) is 51.4 Å². The highest BCUT2D eigenvalue weighted by Crippen LogP contribution is 2.35. The molecule has 0 aromatic rings. The van der Waals surface area contributed by atoms with E-state index < -0.39 is 5.97 Å². The Morgan fingerprint density at radius 1 is 1.26 bits per heavy atom. The summed E-state index contributed by atoms with van der Waals surface area (Å²) < 4.78 is 0. The van der Waals surface area contributed by atoms with Gasteiger partial charge in [0.15, 0.2) is 0 Å². The lowest BCUT2D eigenvalue weighted by atomic mass is 9.98. The molecule has 0 aliphatic heterocycles. The third-order valence-electron chi connectivity index (χ3n) is 3.62. The second-order valence-corrected chi connectivity index (χ2v) is 6.44. The number of aliphatic carboxylic acids is 1. The van der Waals surface area contributed by atoms with Crippen LogP contribution < -0.4 is 0 Å². The first-order valence-electron chi connectivity index (χ1n) is 7.12. The van der Waals surface area contributed by atoms with Gasteiger partial charge < -0.3 is 10.2 Å². The lowest BCUT2D eigenvalue weighted by molar-refractivity contribution is -0.137. The van der Waals surface area contributed by atoms with Gasteiger partial charge in [0.05, 0.1) is 6.61 Å². The molecule has 0 radical (unpaired) electrons. The molecule has 0 amide bonds. The molecule has 2 unspecified atom stereocenters. The highest BCUT2D eigenvalue weighted by atomic mass is 32.2. The topological polar surface area (TPSA) is 74.6 Å². The zero-order valence-electron chi connectivity index (χ0n) is 11.3. The van der Waals surface area contributed by atoms with Gasteiger partial charge in [-0.1, -0.05) is 19.3 Å². The first kappa shape index (κ1) is 16.5. The maximum atomic E-state index is 11.8. The van der Waals surface area contributed by atoms with Crippen LogP contribution in [-0.2, 0) is 9.59 Å². The van der Waals surface area contributed by atoms with Gasteiger partial charge >= 0.3 is 5.97 Å². The smallest absolute Gasteiger partial charge is 0.303 e. The van der Waals surface area contributed by atoms with Gasteiger partial charge in [-0.3, -0.25) is 9.59 Å². The van der Waals surface area contributed by atoms with E-state index in [9.17, 15) is 9.59 Å². The molecule has 19 heavy (non-hydrogen) atoms. The van der Waals surface area contributed by atoms with Crippen LogP contribution in [0, 0.1) is 5.92 Å². The van der Waals surface area contributed by atoms with Gasteiger partial charge in [0.25, 0.3) is 0 Å². The van der Waals surface area contributed by atoms with E-state index in [4.69, 9.17) is 10.2 Å². The fraction of sp³-hybridized carbons (Fsp3) is 0.857. The number of carboxylic acid groups (broad SMARTS) is 1. The van der Waals surface area contributed by atoms with E-state index in [0.717, 1.165) is 38.5 Å². The van der Waals surface area contributed by atoms with Crippen LogP contribution in [0.25, 0.3) is 0 Å². The summed E-state index contributed by atoms with van der Waals surface area (Å²) in [6.07, 6.45) is 6.49. The van der Waals surface area contributed by atoms with Crippen molar-refractivity contribution in [2.45, 2.75) is 56.6 Å². The van der Waals surface area contributed by atoms with Crippen LogP contribution in [-0.4, -0.2) is 39.6 Å². The van der Waals surface area contributed by atoms with Gasteiger partial charge in [-0.05, 0) is 19.3 Å². The van der Waals surface area contributed by atoms with Crippen molar-refractivity contribution in [2.75, 3.05) is 12.4 Å². The standard InChI is InChI=1S/C14H24O4S/c15-9-10-19-13-8-7-12(16)11(13)5-3-1-2-4-6-14(17)18/h11,13,15H,1-10H2,(H,17,18). The van der Waals surface area contributed by atoms with Crippen molar-refractivity contribution < 1.29 is 19.8 Å². The van der Waals surface area contributed by atoms with Crippen molar-refractivity contribution >= 4 is 23.5 Å². The summed E-state index contributed by atoms with van der Waals surface area (Å²) in [4.78, 5) is 22.2. The quantitative estimate of drug-likeness (QED) is 0.604. The van der Waals surface area contributed by atoms with E-state index in [-0.39, 0.29) is 18.9 Å². The average molecular weight is 288 g/mol. The summed E-state index contributed by atoms with van der Waals surface area (Å²) >= 11 is 1.72. The van der Waals surface area contributed by atoms with E-state index in [1.807, 2.05) is 0 Å². The van der Waals surface area contributed by atoms with Crippen molar-refractivity contribution in [2.24, 2.45) is 5.92 Å². The minimum absolute atomic E-state index is 0.163. The lowest BCUT2D eigenvalue weighted by Crippen LogP contribution is -2.17. The van der Waals surface area contributed by atoms with Gasteiger partial charge in [0, 0.05) is 29.8 Å². The molecule has 1 fully saturated rings. The Morgan fingerprint density at radius 3 is 2.68 bits per heavy atom. The Morgan fingerprint density at radius 2 is 2.00 bits per heavy atom. The highest BCUT2D eigenvalue weighted by molar-refractivity contribution is 8.00. The molecule has 2 N–H and O–H groups in total. The van der Waals surface area contributed by atoms with Crippen molar-refractivity contribution in [3.63, 3.8) is 0 Å². The summed E-state index contributed by atoms with van der Waals surface area (Å²) in [6, 6.07) is 0. The summed E-state index contributed by atoms with van der Waals surface area (Å²) in [6.45, 7) is 0.178. The number of hydrogen-bond acceptors (Lipinski definition) is 4. The van der Waals surface area contributed by atoms with E-state index in [2.05, 4.69) is 0 Å². The normalized spacial score (nSPS) is 22.9. The molecule has 0 saturated heterocycles. The van der Waals surface area contributed by atoms with Gasteiger partial charge in [-0.25, -0.2) is 0 Å². The Labute approximate surface area is 119 Å². The molecule has 0 spiro atoms. The molecule has 0 aromatic carbocycles. The number of aliphatic hydroxyl groups excluding tert-OH is 1. The largest absolute Gasteiger partial charge is 0.481 e. The third kappa shape index (κ3) is 6.43. The Bertz CT molecular complexity index is 293. The van der Waals surface area contributed by atoms with Gasteiger partial charge in [0.2, 0.25) is 0 Å². The third-order valence-corrected chi connectivity index (χ3v) is 5.03. The SMILES string of the molecule is O=C(O)CCCCCCC1C(=O)CCC1SCCO. The molecule has 0 aromatic heterocycles. The number of rotatable bonds is 10. The zero-order valence-corrected chi connectivity index (χ0v) is 12.2. The number of unbranched alkanes of at least 4 members (excludes halogenated alkanes) is 3. The number of ketones is 1. The summed E-state index contributed by atoms with van der Waals surface area (Å²) in [5, 5.41) is 17.8. The fourth-order valence-corrected chi connectivity index (χ4v) is 3.84. The van der Waals surface area contributed by atoms with Gasteiger partial charge in [0.1, 0.15) is 5.78 Å². The molecular weight excluding hydrogens is 264 g/mol. The molecule has 1 saturated carbocycles. The van der Waals surface area contributed by atoms with Crippen LogP contribution in [0.3, 0.4) is 0 Å². The number of carbonyl (C=O) groups excluding carboxylic acids is 1. The van der Waals surface area contributed by atoms with E-state index >= 15 is 0 Å². The van der Waals surface area contributed by atoms with Gasteiger partial charge in [-0.2, -0.15) is 11.8 Å². The van der Waals surface area contributed by atoms with Gasteiger partial charge in [-0.15, -0.1) is 0 Å². The summed E-state index contributed by atoms with van der Waals surface area (Å²) in [5.41, 5.74) is 0. The number of carboxylic acids is 1. The molecule has 0 bridgehead atoms. The van der Waals surface area contributed by atoms with Crippen molar-refractivity contribution in [1.82, 2.24) is 0 Å². The minimum atomic E-state index is -0.730. The molecule has 1 aliphatic rings. The molecule has 110 valence electrons. The monoisotopic (exact) mass is 288 g/mol. The first-order valence-corrected chi connectivity index (χ1v) is 8.17. The number of hydrogen-bond donors (Lipinski definition) is 2. The molecule has 0 heterocycles. The molecule has 1 aliphatic carbocycles. The average Bonchev–Trinajstić information content (AvgIpc) is 2.72. The van der Waals surface area contributed by atoms with Crippen LogP contribution in [0.15, 0.2) is 0 Å². The maximum absolute atomic E-state index is 11.8. The molecule has 4 nitrogen and oxygen atoms in total. The maximum Gasteiger partial charge on any atom is 0.303 e. The molecule has 1 rings (SSSR count). The second kappa shape index (κ2) is 9.37. The zero-order chi connectivity index (χ0) is 14.1. The Balaban J connectivity index is 2.15. The van der Waals surface area contributed by atoms with E-state index in [1.54, 1.807) is 11.8 Å².